The SMILES string of the molecule is C=C(C(C)C)C(C)C(C)C(C)C(N)C(=C)C(C)C. The minimum atomic E-state index is 0.0856. The van der Waals surface area contributed by atoms with Crippen LogP contribution in [0.5, 0.6) is 0 Å². The molecule has 0 aliphatic rings. The van der Waals surface area contributed by atoms with Gasteiger partial charge in [0.2, 0.25) is 0 Å². The van der Waals surface area contributed by atoms with Crippen molar-refractivity contribution < 1.29 is 0 Å². The van der Waals surface area contributed by atoms with Gasteiger partial charge >= 0.3 is 0 Å². The summed E-state index contributed by atoms with van der Waals surface area (Å²) in [5, 5.41) is 0. The Hall–Kier alpha value is -0.560. The smallest absolute Gasteiger partial charge is 0.0282 e. The summed E-state index contributed by atoms with van der Waals surface area (Å²) in [7, 11) is 0. The van der Waals surface area contributed by atoms with E-state index in [1.165, 1.54) is 5.57 Å². The van der Waals surface area contributed by atoms with Crippen molar-refractivity contribution in [3.63, 3.8) is 0 Å². The van der Waals surface area contributed by atoms with Gasteiger partial charge in [0, 0.05) is 6.04 Å². The Morgan fingerprint density at radius 3 is 1.44 bits per heavy atom. The molecule has 0 aliphatic carbocycles. The van der Waals surface area contributed by atoms with Crippen molar-refractivity contribution in [2.24, 2.45) is 35.3 Å². The fourth-order valence-electron chi connectivity index (χ4n) is 2.37. The fourth-order valence-corrected chi connectivity index (χ4v) is 2.37. The van der Waals surface area contributed by atoms with Crippen LogP contribution in [0.1, 0.15) is 48.5 Å². The molecule has 0 radical (unpaired) electrons. The first-order chi connectivity index (χ1) is 8.11. The minimum absolute atomic E-state index is 0.0856. The molecule has 0 aromatic heterocycles. The van der Waals surface area contributed by atoms with E-state index in [4.69, 9.17) is 5.73 Å². The lowest BCUT2D eigenvalue weighted by molar-refractivity contribution is 0.269. The molecule has 18 heavy (non-hydrogen) atoms. The third-order valence-corrected chi connectivity index (χ3v) is 4.68. The molecule has 0 spiro atoms. The van der Waals surface area contributed by atoms with Gasteiger partial charge in [-0.1, -0.05) is 72.8 Å². The molecule has 0 aromatic rings. The van der Waals surface area contributed by atoms with Gasteiger partial charge in [0.25, 0.3) is 0 Å². The van der Waals surface area contributed by atoms with Gasteiger partial charge in [0.05, 0.1) is 0 Å². The van der Waals surface area contributed by atoms with E-state index in [1.54, 1.807) is 0 Å². The monoisotopic (exact) mass is 251 g/mol. The van der Waals surface area contributed by atoms with Crippen molar-refractivity contribution in [3.05, 3.63) is 24.3 Å². The molecule has 0 aromatic carbocycles. The number of hydrogen-bond donors (Lipinski definition) is 1. The molecule has 4 unspecified atom stereocenters. The van der Waals surface area contributed by atoms with Crippen molar-refractivity contribution in [2.45, 2.75) is 54.5 Å². The lowest BCUT2D eigenvalue weighted by Crippen LogP contribution is -2.37. The molecule has 0 amide bonds. The Balaban J connectivity index is 4.73. The van der Waals surface area contributed by atoms with Gasteiger partial charge in [-0.05, 0) is 29.6 Å². The van der Waals surface area contributed by atoms with E-state index in [9.17, 15) is 0 Å². The summed E-state index contributed by atoms with van der Waals surface area (Å²) < 4.78 is 0. The normalized spacial score (nSPS) is 18.6. The van der Waals surface area contributed by atoms with Gasteiger partial charge in [0.1, 0.15) is 0 Å². The van der Waals surface area contributed by atoms with Gasteiger partial charge < -0.3 is 5.73 Å². The number of hydrogen-bond acceptors (Lipinski definition) is 1. The minimum Gasteiger partial charge on any atom is -0.324 e. The highest BCUT2D eigenvalue weighted by atomic mass is 14.7. The van der Waals surface area contributed by atoms with Crippen LogP contribution in [0, 0.1) is 29.6 Å². The van der Waals surface area contributed by atoms with Crippen LogP contribution in [-0.2, 0) is 0 Å². The van der Waals surface area contributed by atoms with E-state index >= 15 is 0 Å². The van der Waals surface area contributed by atoms with E-state index in [2.05, 4.69) is 61.6 Å². The Labute approximate surface area is 115 Å². The highest BCUT2D eigenvalue weighted by Crippen LogP contribution is 2.32. The standard InChI is InChI=1S/C17H33N/c1-10(2)12(5)14(7)15(8)16(9)17(18)13(6)11(3)4/h10-11,14-17H,5-6,18H2,1-4,7-9H3. The molecular weight excluding hydrogens is 218 g/mol. The Morgan fingerprint density at radius 1 is 0.722 bits per heavy atom. The van der Waals surface area contributed by atoms with Crippen LogP contribution in [0.3, 0.4) is 0 Å². The maximum absolute atomic E-state index is 6.35. The predicted octanol–water partition coefficient (Wildman–Crippen LogP) is 4.65. The number of rotatable bonds is 7. The summed E-state index contributed by atoms with van der Waals surface area (Å²) in [6.45, 7) is 23.9. The molecule has 106 valence electrons. The van der Waals surface area contributed by atoms with Crippen LogP contribution in [0.2, 0.25) is 0 Å². The number of nitrogens with two attached hydrogens (primary N) is 1. The average Bonchev–Trinajstić information content (AvgIpc) is 2.32. The van der Waals surface area contributed by atoms with E-state index < -0.39 is 0 Å². The van der Waals surface area contributed by atoms with E-state index in [0.717, 1.165) is 5.57 Å². The van der Waals surface area contributed by atoms with Gasteiger partial charge in [0.15, 0.2) is 0 Å². The van der Waals surface area contributed by atoms with Crippen molar-refractivity contribution in [1.82, 2.24) is 0 Å². The zero-order valence-corrected chi connectivity index (χ0v) is 13.5. The fraction of sp³-hybridized carbons (Fsp3) is 0.765. The topological polar surface area (TPSA) is 26.0 Å². The molecule has 0 fully saturated rings. The zero-order chi connectivity index (χ0) is 14.6. The highest BCUT2D eigenvalue weighted by Gasteiger charge is 2.28. The molecule has 0 saturated heterocycles. The zero-order valence-electron chi connectivity index (χ0n) is 13.5. The molecule has 0 heterocycles. The maximum Gasteiger partial charge on any atom is 0.0282 e. The third-order valence-electron chi connectivity index (χ3n) is 4.68. The van der Waals surface area contributed by atoms with Crippen LogP contribution in [0.4, 0.5) is 0 Å². The third kappa shape index (κ3) is 4.28. The number of allylic oxidation sites excluding steroid dienone is 1. The highest BCUT2D eigenvalue weighted by molar-refractivity contribution is 5.11. The molecule has 0 rings (SSSR count). The van der Waals surface area contributed by atoms with Crippen molar-refractivity contribution in [2.75, 3.05) is 0 Å². The lowest BCUT2D eigenvalue weighted by atomic mass is 9.73. The van der Waals surface area contributed by atoms with Crippen molar-refractivity contribution in [3.8, 4) is 0 Å². The first kappa shape index (κ1) is 17.4. The first-order valence-corrected chi connectivity index (χ1v) is 7.24. The Morgan fingerprint density at radius 2 is 1.11 bits per heavy atom. The summed E-state index contributed by atoms with van der Waals surface area (Å²) in [6.07, 6.45) is 0. The van der Waals surface area contributed by atoms with Gasteiger partial charge in [-0.25, -0.2) is 0 Å². The van der Waals surface area contributed by atoms with Crippen molar-refractivity contribution in [1.29, 1.82) is 0 Å². The van der Waals surface area contributed by atoms with E-state index in [-0.39, 0.29) is 6.04 Å². The summed E-state index contributed by atoms with van der Waals surface area (Å²) in [5.41, 5.74) is 8.84. The van der Waals surface area contributed by atoms with Crippen LogP contribution in [0.15, 0.2) is 24.3 Å². The molecular formula is C17H33N. The van der Waals surface area contributed by atoms with Crippen LogP contribution >= 0.6 is 0 Å². The summed E-state index contributed by atoms with van der Waals surface area (Å²) in [6, 6.07) is 0.0856. The molecule has 1 nitrogen and oxygen atoms in total. The van der Waals surface area contributed by atoms with Crippen LogP contribution in [0.25, 0.3) is 0 Å². The molecule has 2 N–H and O–H groups in total. The summed E-state index contributed by atoms with van der Waals surface area (Å²) in [4.78, 5) is 0. The largest absolute Gasteiger partial charge is 0.324 e. The average molecular weight is 251 g/mol. The second kappa shape index (κ2) is 7.13. The second-order valence-corrected chi connectivity index (χ2v) is 6.49. The van der Waals surface area contributed by atoms with Gasteiger partial charge in [-0.15, -0.1) is 0 Å². The van der Waals surface area contributed by atoms with Crippen LogP contribution in [-0.4, -0.2) is 6.04 Å². The Kier molecular flexibility index (Phi) is 6.91. The predicted molar refractivity (Wildman–Crippen MR) is 83.4 cm³/mol. The second-order valence-electron chi connectivity index (χ2n) is 6.49. The molecule has 1 heteroatoms. The quantitative estimate of drug-likeness (QED) is 0.655. The van der Waals surface area contributed by atoms with Gasteiger partial charge in [-0.3, -0.25) is 0 Å². The van der Waals surface area contributed by atoms with Gasteiger partial charge in [-0.2, -0.15) is 0 Å². The summed E-state index contributed by atoms with van der Waals surface area (Å²) in [5.74, 6) is 2.47. The van der Waals surface area contributed by atoms with E-state index in [1.807, 2.05) is 0 Å². The summed E-state index contributed by atoms with van der Waals surface area (Å²) >= 11 is 0. The molecule has 4 atom stereocenters. The molecule has 0 aliphatic heterocycles. The lowest BCUT2D eigenvalue weighted by Gasteiger charge is -2.34. The van der Waals surface area contributed by atoms with E-state index in [0.29, 0.717) is 29.6 Å². The van der Waals surface area contributed by atoms with Crippen LogP contribution < -0.4 is 5.73 Å². The first-order valence-electron chi connectivity index (χ1n) is 7.24. The van der Waals surface area contributed by atoms with Crippen molar-refractivity contribution >= 4 is 0 Å². The molecule has 0 saturated carbocycles. The maximum atomic E-state index is 6.35. The molecule has 0 bridgehead atoms. The Bertz CT molecular complexity index is 258.